The second kappa shape index (κ2) is 21.4. The monoisotopic (exact) mass is 871 g/mol. The Bertz CT molecular complexity index is 2370. The molecule has 0 unspecified atom stereocenters. The van der Waals surface area contributed by atoms with E-state index >= 15 is 8.78 Å². The summed E-state index contributed by atoms with van der Waals surface area (Å²) in [5.41, 5.74) is 10.2. The number of nitrogens with zero attached hydrogens (tertiary/aromatic N) is 6. The molecule has 61 heavy (non-hydrogen) atoms. The minimum Gasteiger partial charge on any atom is -0.496 e. The third-order valence-corrected chi connectivity index (χ3v) is 10.7. The molecule has 2 saturated heterocycles. The largest absolute Gasteiger partial charge is 0.496 e. The Kier molecular flexibility index (Phi) is 15.8. The number of hydrogen-bond donors (Lipinski definition) is 2. The summed E-state index contributed by atoms with van der Waals surface area (Å²) in [5.74, 6) is 0.403. The highest BCUT2D eigenvalue weighted by Gasteiger charge is 2.23. The second-order valence-electron chi connectivity index (χ2n) is 14.9. The molecule has 2 fully saturated rings. The number of aliphatic hydroxyl groups is 1. The van der Waals surface area contributed by atoms with Crippen molar-refractivity contribution in [1.82, 2.24) is 29.7 Å². The van der Waals surface area contributed by atoms with E-state index < -0.39 is 0 Å². The average molecular weight is 873 g/mol. The van der Waals surface area contributed by atoms with Gasteiger partial charge >= 0.3 is 6.01 Å². The molecule has 6 aromatic rings. The summed E-state index contributed by atoms with van der Waals surface area (Å²) >= 11 is 12.1. The molecule has 2 aromatic heterocycles. The van der Waals surface area contributed by atoms with E-state index in [9.17, 15) is 0 Å². The third-order valence-electron chi connectivity index (χ3n) is 10.2. The zero-order valence-electron chi connectivity index (χ0n) is 34.5. The lowest BCUT2D eigenvalue weighted by molar-refractivity contribution is 0.182. The fraction of sp³-hybridized carbons (Fsp3) is 0.304. The molecule has 2 atom stereocenters. The molecule has 3 N–H and O–H groups in total. The number of likely N-dealkylation sites (tertiary alicyclic amines) is 2. The molecule has 0 radical (unpaired) electrons. The maximum atomic E-state index is 15.4. The molecule has 11 nitrogen and oxygen atoms in total. The number of β-amino-alcohol motifs (C(OH)–C–C–N with tert-alkyl or cyclic N) is 1. The molecule has 0 amide bonds. The van der Waals surface area contributed by atoms with Gasteiger partial charge in [0.05, 0.1) is 31.5 Å². The quantitative estimate of drug-likeness (QED) is 0.138. The molecule has 4 aromatic carbocycles. The predicted molar refractivity (Wildman–Crippen MR) is 236 cm³/mol. The van der Waals surface area contributed by atoms with E-state index in [0.29, 0.717) is 73.8 Å². The lowest BCUT2D eigenvalue weighted by Crippen LogP contribution is -2.22. The third kappa shape index (κ3) is 12.3. The van der Waals surface area contributed by atoms with Crippen LogP contribution in [0.1, 0.15) is 35.1 Å². The van der Waals surface area contributed by atoms with E-state index in [1.165, 1.54) is 14.2 Å². The Morgan fingerprint density at radius 3 is 1.56 bits per heavy atom. The standard InChI is InChI=1S/C23H23ClFN3O2.C18H15ClFN3O.C5H11NO/c1-28-9-8-19(14-28)30-23-26-12-15(13-27-23)10-17-6-7-20(29-2)21(22(17)25)16-4-3-5-18(24)11-16;1-24-15-6-5-13(7-11-9-22-18(21)23-10-11)17(20)16(15)12-3-2-4-14(19)8-12;1-6-3-2-5(7)4-6/h3-7,11-13,19H,8-10,14H2,1-2H3;2-6,8-10H,7H2,1H3,(H2,21,22,23);5,7H,2-4H2,1H3/t19-;;5-/m1.1/s1. The molecular formula is C46H49Cl2F2N7O4. The number of likely N-dealkylation sites (N-methyl/N-ethyl adjacent to an activating group) is 2. The van der Waals surface area contributed by atoms with Crippen molar-refractivity contribution in [3.05, 3.63) is 142 Å². The smallest absolute Gasteiger partial charge is 0.316 e. The Balaban J connectivity index is 0.000000179. The van der Waals surface area contributed by atoms with Gasteiger partial charge in [-0.25, -0.2) is 28.7 Å². The van der Waals surface area contributed by atoms with Gasteiger partial charge in [-0.1, -0.05) is 59.6 Å². The van der Waals surface area contributed by atoms with Crippen LogP contribution >= 0.6 is 23.2 Å². The topological polar surface area (TPSA) is 132 Å². The number of hydrogen-bond acceptors (Lipinski definition) is 11. The highest BCUT2D eigenvalue weighted by molar-refractivity contribution is 6.31. The molecule has 2 aliphatic rings. The van der Waals surface area contributed by atoms with Crippen LogP contribution in [0.3, 0.4) is 0 Å². The van der Waals surface area contributed by atoms with Crippen LogP contribution in [0.4, 0.5) is 14.7 Å². The maximum absolute atomic E-state index is 15.4. The summed E-state index contributed by atoms with van der Waals surface area (Å²) in [6, 6.07) is 21.4. The van der Waals surface area contributed by atoms with Gasteiger partial charge < -0.3 is 34.9 Å². The molecule has 15 heteroatoms. The van der Waals surface area contributed by atoms with Gasteiger partial charge in [0, 0.05) is 73.9 Å². The van der Waals surface area contributed by atoms with Crippen molar-refractivity contribution < 1.29 is 28.1 Å². The number of benzene rings is 4. The highest BCUT2D eigenvalue weighted by Crippen LogP contribution is 2.37. The molecule has 8 rings (SSSR count). The van der Waals surface area contributed by atoms with Gasteiger partial charge in [-0.3, -0.25) is 0 Å². The number of halogens is 4. The van der Waals surface area contributed by atoms with Crippen molar-refractivity contribution in [2.24, 2.45) is 0 Å². The normalized spacial score (nSPS) is 16.3. The molecule has 2 aliphatic heterocycles. The van der Waals surface area contributed by atoms with Crippen LogP contribution in [0, 0.1) is 11.6 Å². The van der Waals surface area contributed by atoms with Crippen molar-refractivity contribution in [2.75, 3.05) is 60.2 Å². The number of rotatable bonds is 10. The highest BCUT2D eigenvalue weighted by atomic mass is 35.5. The second-order valence-corrected chi connectivity index (χ2v) is 15.8. The minimum atomic E-state index is -0.353. The van der Waals surface area contributed by atoms with Crippen LogP contribution < -0.4 is 19.9 Å². The van der Waals surface area contributed by atoms with Crippen LogP contribution in [0.5, 0.6) is 17.5 Å². The van der Waals surface area contributed by atoms with Crippen molar-refractivity contribution in [3.63, 3.8) is 0 Å². The number of methoxy groups -OCH3 is 2. The molecule has 320 valence electrons. The predicted octanol–water partition coefficient (Wildman–Crippen LogP) is 8.42. The summed E-state index contributed by atoms with van der Waals surface area (Å²) < 4.78 is 47.1. The fourth-order valence-electron chi connectivity index (χ4n) is 7.08. The molecule has 4 heterocycles. The van der Waals surface area contributed by atoms with Gasteiger partial charge in [0.25, 0.3) is 0 Å². The first kappa shape index (κ1) is 45.1. The summed E-state index contributed by atoms with van der Waals surface area (Å²) in [4.78, 5) is 20.8. The van der Waals surface area contributed by atoms with Gasteiger partial charge in [0.2, 0.25) is 5.95 Å². The van der Waals surface area contributed by atoms with Gasteiger partial charge in [-0.2, -0.15) is 0 Å². The minimum absolute atomic E-state index is 0.0509. The SMILES string of the molecule is CN1CC[C@@H](O)C1.COc1ccc(Cc2cnc(N)nc2)c(F)c1-c1cccc(Cl)c1.COc1ccc(Cc2cnc(O[C@@H]3CCN(C)C3)nc2)c(F)c1-c1cccc(Cl)c1. The zero-order valence-corrected chi connectivity index (χ0v) is 36.0. The molecule has 0 aliphatic carbocycles. The van der Waals surface area contributed by atoms with Crippen LogP contribution in [-0.2, 0) is 12.8 Å². The number of nitrogen functional groups attached to an aromatic ring is 1. The van der Waals surface area contributed by atoms with Crippen molar-refractivity contribution in [3.8, 4) is 39.8 Å². The maximum Gasteiger partial charge on any atom is 0.316 e. The number of nitrogens with two attached hydrogens (primary N) is 1. The van der Waals surface area contributed by atoms with Crippen LogP contribution in [-0.4, -0.2) is 102 Å². The Morgan fingerprint density at radius 2 is 1.16 bits per heavy atom. The number of aromatic nitrogens is 4. The molecule has 0 saturated carbocycles. The Hall–Kier alpha value is -5.44. The Morgan fingerprint density at radius 1 is 0.689 bits per heavy atom. The van der Waals surface area contributed by atoms with Gasteiger partial charge in [-0.15, -0.1) is 0 Å². The van der Waals surface area contributed by atoms with E-state index in [-0.39, 0.29) is 29.8 Å². The number of aliphatic hydroxyl groups excluding tert-OH is 1. The van der Waals surface area contributed by atoms with Gasteiger partial charge in [0.15, 0.2) is 0 Å². The van der Waals surface area contributed by atoms with Gasteiger partial charge in [0.1, 0.15) is 29.2 Å². The number of anilines is 1. The summed E-state index contributed by atoms with van der Waals surface area (Å²) in [5, 5.41) is 9.93. The number of ether oxygens (including phenoxy) is 3. The molecule has 0 bridgehead atoms. The first-order chi connectivity index (χ1) is 29.4. The lowest BCUT2D eigenvalue weighted by atomic mass is 9.98. The van der Waals surface area contributed by atoms with Gasteiger partial charge in [-0.05, 0) is 96.7 Å². The van der Waals surface area contributed by atoms with Crippen LogP contribution in [0.15, 0.2) is 97.6 Å². The first-order valence-corrected chi connectivity index (χ1v) is 20.5. The van der Waals surface area contributed by atoms with Crippen molar-refractivity contribution in [1.29, 1.82) is 0 Å². The zero-order chi connectivity index (χ0) is 43.5. The summed E-state index contributed by atoms with van der Waals surface area (Å²) in [7, 11) is 7.12. The van der Waals surface area contributed by atoms with Crippen LogP contribution in [0.25, 0.3) is 22.3 Å². The van der Waals surface area contributed by atoms with E-state index in [0.717, 1.165) is 50.1 Å². The molecular weight excluding hydrogens is 823 g/mol. The van der Waals surface area contributed by atoms with Crippen molar-refractivity contribution in [2.45, 2.75) is 37.9 Å². The summed E-state index contributed by atoms with van der Waals surface area (Å²) in [6.07, 6.45) is 9.23. The average Bonchev–Trinajstić information content (AvgIpc) is 3.85. The fourth-order valence-corrected chi connectivity index (χ4v) is 7.47. The lowest BCUT2D eigenvalue weighted by Gasteiger charge is -2.14. The van der Waals surface area contributed by atoms with E-state index in [1.807, 2.05) is 13.1 Å². The molecule has 0 spiro atoms. The van der Waals surface area contributed by atoms with E-state index in [1.54, 1.807) is 91.5 Å². The Labute approximate surface area is 365 Å². The van der Waals surface area contributed by atoms with Crippen molar-refractivity contribution >= 4 is 29.2 Å². The van der Waals surface area contributed by atoms with Crippen LogP contribution in [0.2, 0.25) is 10.0 Å². The van der Waals surface area contributed by atoms with E-state index in [2.05, 4.69) is 36.8 Å². The summed E-state index contributed by atoms with van der Waals surface area (Å²) in [6.45, 7) is 3.80. The van der Waals surface area contributed by atoms with E-state index in [4.69, 9.17) is 48.3 Å². The first-order valence-electron chi connectivity index (χ1n) is 19.7.